The highest BCUT2D eigenvalue weighted by Crippen LogP contribution is 2.41. The molecule has 116 valence electrons. The van der Waals surface area contributed by atoms with Crippen LogP contribution in [0.2, 0.25) is 0 Å². The second-order valence-corrected chi connectivity index (χ2v) is 5.69. The minimum Gasteiger partial charge on any atom is -0.461 e. The maximum absolute atomic E-state index is 8.92. The van der Waals surface area contributed by atoms with E-state index >= 15 is 0 Å². The monoisotopic (exact) mass is 299 g/mol. The first-order valence-corrected chi connectivity index (χ1v) is 7.45. The van der Waals surface area contributed by atoms with Crippen LogP contribution in [0.1, 0.15) is 29.4 Å². The molecule has 1 aliphatic rings. The number of rotatable bonds is 4. The fourth-order valence-electron chi connectivity index (χ4n) is 2.96. The van der Waals surface area contributed by atoms with Crippen LogP contribution in [-0.4, -0.2) is 18.3 Å². The van der Waals surface area contributed by atoms with Gasteiger partial charge in [0.2, 0.25) is 0 Å². The fraction of sp³-hybridized carbons (Fsp3) is 0.333. The highest BCUT2D eigenvalue weighted by Gasteiger charge is 2.22. The number of ether oxygens (including phenoxy) is 1. The molecule has 1 aromatic heterocycles. The quantitative estimate of drug-likeness (QED) is 0.849. The molecule has 0 radical (unpaired) electrons. The summed E-state index contributed by atoms with van der Waals surface area (Å²) >= 11 is 0. The maximum atomic E-state index is 8.92. The van der Waals surface area contributed by atoms with Crippen LogP contribution < -0.4 is 10.1 Å². The summed E-state index contributed by atoms with van der Waals surface area (Å²) in [4.78, 5) is 0. The van der Waals surface area contributed by atoms with Crippen LogP contribution in [0.4, 0.5) is 0 Å². The molecule has 4 nitrogen and oxygen atoms in total. The zero-order chi connectivity index (χ0) is 15.9. The van der Waals surface area contributed by atoms with Crippen LogP contribution in [-0.2, 0) is 6.54 Å². The Morgan fingerprint density at radius 2 is 2.05 bits per heavy atom. The molecular formula is C18H21NO3. The van der Waals surface area contributed by atoms with E-state index in [-0.39, 0.29) is 6.61 Å². The van der Waals surface area contributed by atoms with Crippen molar-refractivity contribution in [3.05, 3.63) is 46.9 Å². The number of aliphatic hydroxyl groups excluding tert-OH is 1. The van der Waals surface area contributed by atoms with Crippen molar-refractivity contribution in [2.45, 2.75) is 27.3 Å². The molecule has 2 aromatic rings. The van der Waals surface area contributed by atoms with Gasteiger partial charge in [-0.05, 0) is 38.5 Å². The first-order chi connectivity index (χ1) is 10.5. The Morgan fingerprint density at radius 3 is 2.77 bits per heavy atom. The summed E-state index contributed by atoms with van der Waals surface area (Å²) in [6, 6.07) is 2.13. The molecule has 0 amide bonds. The smallest absolute Gasteiger partial charge is 0.141 e. The number of furan rings is 1. The van der Waals surface area contributed by atoms with Gasteiger partial charge in [0.05, 0.1) is 6.61 Å². The lowest BCUT2D eigenvalue weighted by Crippen LogP contribution is -2.17. The van der Waals surface area contributed by atoms with E-state index in [9.17, 15) is 0 Å². The summed E-state index contributed by atoms with van der Waals surface area (Å²) in [6.45, 7) is 11.3. The van der Waals surface area contributed by atoms with E-state index in [2.05, 4.69) is 24.9 Å². The third-order valence-electron chi connectivity index (χ3n) is 4.09. The molecule has 0 fully saturated rings. The van der Waals surface area contributed by atoms with Crippen molar-refractivity contribution < 1.29 is 14.3 Å². The second kappa shape index (κ2) is 5.63. The van der Waals surface area contributed by atoms with Crippen molar-refractivity contribution in [2.24, 2.45) is 0 Å². The third kappa shape index (κ3) is 2.34. The van der Waals surface area contributed by atoms with Crippen molar-refractivity contribution in [3.8, 4) is 5.75 Å². The summed E-state index contributed by atoms with van der Waals surface area (Å²) in [5, 5.41) is 13.2. The van der Waals surface area contributed by atoms with E-state index < -0.39 is 0 Å². The predicted molar refractivity (Wildman–Crippen MR) is 87.9 cm³/mol. The van der Waals surface area contributed by atoms with Crippen molar-refractivity contribution in [2.75, 3.05) is 13.2 Å². The largest absolute Gasteiger partial charge is 0.461 e. The number of aryl methyl sites for hydroxylation is 2. The van der Waals surface area contributed by atoms with Crippen molar-refractivity contribution in [1.29, 1.82) is 0 Å². The Hall–Kier alpha value is -2.04. The standard InChI is InChI=1S/C18H21NO3/c1-10-7-11(2)21-17-12(3)18-15(8-14(10)17)16(13(4)22-18)9-19-5-6-20/h7-8,19-20H,2,5-6,9H2,1,3-4H3. The fourth-order valence-corrected chi connectivity index (χ4v) is 2.96. The molecule has 1 aromatic carbocycles. The molecule has 0 saturated heterocycles. The van der Waals surface area contributed by atoms with Gasteiger partial charge in [0, 0.05) is 35.2 Å². The molecular weight excluding hydrogens is 278 g/mol. The van der Waals surface area contributed by atoms with Gasteiger partial charge in [0.25, 0.3) is 0 Å². The summed E-state index contributed by atoms with van der Waals surface area (Å²) in [6.07, 6.45) is 1.95. The first kappa shape index (κ1) is 14.9. The summed E-state index contributed by atoms with van der Waals surface area (Å²) in [5.74, 6) is 2.38. The van der Waals surface area contributed by atoms with Crippen molar-refractivity contribution in [1.82, 2.24) is 5.32 Å². The van der Waals surface area contributed by atoms with E-state index in [1.165, 1.54) is 0 Å². The molecule has 0 saturated carbocycles. The number of allylic oxidation sites excluding steroid dienone is 2. The molecule has 1 aliphatic heterocycles. The van der Waals surface area contributed by atoms with Gasteiger partial charge in [0.15, 0.2) is 0 Å². The maximum Gasteiger partial charge on any atom is 0.141 e. The van der Waals surface area contributed by atoms with Crippen LogP contribution in [0.15, 0.2) is 28.9 Å². The van der Waals surface area contributed by atoms with Gasteiger partial charge < -0.3 is 19.6 Å². The van der Waals surface area contributed by atoms with E-state index in [0.29, 0.717) is 18.8 Å². The number of aliphatic hydroxyl groups is 1. The van der Waals surface area contributed by atoms with Crippen LogP contribution >= 0.6 is 0 Å². The van der Waals surface area contributed by atoms with Gasteiger partial charge in [-0.3, -0.25) is 0 Å². The third-order valence-corrected chi connectivity index (χ3v) is 4.09. The molecule has 2 N–H and O–H groups in total. The SMILES string of the molecule is C=C1C=C(C)c2cc3c(CNCCO)c(C)oc3c(C)c2O1. The first-order valence-electron chi connectivity index (χ1n) is 7.45. The predicted octanol–water partition coefficient (Wildman–Crippen LogP) is 3.44. The van der Waals surface area contributed by atoms with E-state index in [0.717, 1.165) is 44.7 Å². The number of hydrogen-bond acceptors (Lipinski definition) is 4. The van der Waals surface area contributed by atoms with Crippen molar-refractivity contribution in [3.63, 3.8) is 0 Å². The Bertz CT molecular complexity index is 783. The summed E-state index contributed by atoms with van der Waals surface area (Å²) in [5.41, 5.74) is 5.22. The average molecular weight is 299 g/mol. The van der Waals surface area contributed by atoms with E-state index in [1.54, 1.807) is 0 Å². The van der Waals surface area contributed by atoms with Gasteiger partial charge in [-0.1, -0.05) is 6.58 Å². The molecule has 0 spiro atoms. The summed E-state index contributed by atoms with van der Waals surface area (Å²) < 4.78 is 11.8. The highest BCUT2D eigenvalue weighted by atomic mass is 16.5. The van der Waals surface area contributed by atoms with Gasteiger partial charge in [-0.15, -0.1) is 0 Å². The lowest BCUT2D eigenvalue weighted by atomic mass is 9.96. The molecule has 0 atom stereocenters. The lowest BCUT2D eigenvalue weighted by molar-refractivity contribution is 0.292. The minimum atomic E-state index is 0.126. The van der Waals surface area contributed by atoms with E-state index in [4.69, 9.17) is 14.3 Å². The molecule has 0 unspecified atom stereocenters. The minimum absolute atomic E-state index is 0.126. The second-order valence-electron chi connectivity index (χ2n) is 5.69. The van der Waals surface area contributed by atoms with Crippen LogP contribution in [0.25, 0.3) is 16.5 Å². The van der Waals surface area contributed by atoms with Crippen LogP contribution in [0, 0.1) is 13.8 Å². The van der Waals surface area contributed by atoms with Gasteiger partial charge in [0.1, 0.15) is 22.9 Å². The molecule has 0 bridgehead atoms. The highest BCUT2D eigenvalue weighted by molar-refractivity contribution is 5.92. The van der Waals surface area contributed by atoms with E-state index in [1.807, 2.05) is 19.9 Å². The number of nitrogens with one attached hydrogen (secondary N) is 1. The zero-order valence-corrected chi connectivity index (χ0v) is 13.2. The molecule has 2 heterocycles. The summed E-state index contributed by atoms with van der Waals surface area (Å²) in [7, 11) is 0. The van der Waals surface area contributed by atoms with Crippen LogP contribution in [0.3, 0.4) is 0 Å². The molecule has 22 heavy (non-hydrogen) atoms. The normalized spacial score (nSPS) is 14.0. The average Bonchev–Trinajstić information content (AvgIpc) is 2.78. The number of benzene rings is 1. The van der Waals surface area contributed by atoms with Crippen molar-refractivity contribution >= 4 is 16.5 Å². The topological polar surface area (TPSA) is 54.6 Å². The van der Waals surface area contributed by atoms with Crippen LogP contribution in [0.5, 0.6) is 5.75 Å². The Kier molecular flexibility index (Phi) is 3.81. The Labute approximate surface area is 130 Å². The molecule has 3 rings (SSSR count). The molecule has 0 aliphatic carbocycles. The lowest BCUT2D eigenvalue weighted by Gasteiger charge is -2.20. The molecule has 4 heteroatoms. The van der Waals surface area contributed by atoms with Gasteiger partial charge >= 0.3 is 0 Å². The Morgan fingerprint density at radius 1 is 1.27 bits per heavy atom. The Balaban J connectivity index is 2.16. The van der Waals surface area contributed by atoms with Gasteiger partial charge in [-0.25, -0.2) is 0 Å². The number of fused-ring (bicyclic) bond motifs is 2. The zero-order valence-electron chi connectivity index (χ0n) is 13.2. The van der Waals surface area contributed by atoms with Gasteiger partial charge in [-0.2, -0.15) is 0 Å². The number of hydrogen-bond donors (Lipinski definition) is 2.